The molecule has 0 unspecified atom stereocenters. The Morgan fingerprint density at radius 2 is 2.17 bits per heavy atom. The third-order valence-electron chi connectivity index (χ3n) is 4.29. The highest BCUT2D eigenvalue weighted by Crippen LogP contribution is 2.14. The van der Waals surface area contributed by atoms with Crippen molar-refractivity contribution in [1.82, 2.24) is 10.2 Å². The second kappa shape index (κ2) is 8.42. The van der Waals surface area contributed by atoms with E-state index in [1.165, 1.54) is 5.56 Å². The Balaban J connectivity index is 1.49. The molecule has 3 rings (SSSR count). The normalized spacial score (nSPS) is 19.8. The number of nitrogens with one attached hydrogen (secondary N) is 1. The Labute approximate surface area is 147 Å². The average molecular weight is 344 g/mol. The molecule has 1 aliphatic heterocycles. The highest BCUT2D eigenvalue weighted by Gasteiger charge is 2.26. The smallest absolute Gasteiger partial charge is 0.225 e. The van der Waals surface area contributed by atoms with Crippen LogP contribution in [0.5, 0.6) is 0 Å². The van der Waals surface area contributed by atoms with E-state index in [0.717, 1.165) is 24.5 Å². The van der Waals surface area contributed by atoms with Crippen molar-refractivity contribution in [3.05, 3.63) is 58.3 Å². The molecule has 0 bridgehead atoms. The number of carbonyl (C=O) groups is 1. The van der Waals surface area contributed by atoms with Gasteiger partial charge in [0.2, 0.25) is 5.91 Å². The maximum Gasteiger partial charge on any atom is 0.225 e. The van der Waals surface area contributed by atoms with Crippen molar-refractivity contribution in [3.63, 3.8) is 0 Å². The second-order valence-corrected chi connectivity index (χ2v) is 7.27. The summed E-state index contributed by atoms with van der Waals surface area (Å²) in [5, 5.41) is 5.09. The van der Waals surface area contributed by atoms with Gasteiger partial charge in [-0.3, -0.25) is 9.69 Å². The Morgan fingerprint density at radius 1 is 1.33 bits per heavy atom. The number of hydrogen-bond acceptors (Lipinski definition) is 4. The van der Waals surface area contributed by atoms with E-state index < -0.39 is 0 Å². The monoisotopic (exact) mass is 344 g/mol. The van der Waals surface area contributed by atoms with Crippen LogP contribution in [-0.2, 0) is 22.5 Å². The van der Waals surface area contributed by atoms with E-state index in [0.29, 0.717) is 13.0 Å². The quantitative estimate of drug-likeness (QED) is 0.876. The molecule has 128 valence electrons. The van der Waals surface area contributed by atoms with E-state index in [9.17, 15) is 4.79 Å². The number of amides is 1. The highest BCUT2D eigenvalue weighted by molar-refractivity contribution is 7.10. The molecule has 1 aliphatic rings. The van der Waals surface area contributed by atoms with Crippen molar-refractivity contribution in [2.75, 3.05) is 19.7 Å². The predicted molar refractivity (Wildman–Crippen MR) is 97.1 cm³/mol. The minimum absolute atomic E-state index is 0.0102. The fourth-order valence-corrected chi connectivity index (χ4v) is 3.69. The summed E-state index contributed by atoms with van der Waals surface area (Å²) in [6.45, 7) is 5.44. The van der Waals surface area contributed by atoms with Gasteiger partial charge in [-0.15, -0.1) is 11.3 Å². The topological polar surface area (TPSA) is 41.6 Å². The standard InChI is InChI=1S/C19H24N2O2S/c1-15(20-19(22)12-17-8-5-11-24-17)18-14-21(9-10-23-18)13-16-6-3-2-4-7-16/h2-8,11,15,18H,9-10,12-14H2,1H3,(H,20,22)/t15-,18-/m1/s1. The van der Waals surface area contributed by atoms with Gasteiger partial charge in [0.15, 0.2) is 0 Å². The van der Waals surface area contributed by atoms with Gasteiger partial charge in [-0.2, -0.15) is 0 Å². The molecule has 0 spiro atoms. The highest BCUT2D eigenvalue weighted by atomic mass is 32.1. The lowest BCUT2D eigenvalue weighted by Gasteiger charge is -2.36. The number of ether oxygens (including phenoxy) is 1. The molecule has 1 aromatic heterocycles. The molecule has 2 heterocycles. The van der Waals surface area contributed by atoms with Crippen molar-refractivity contribution >= 4 is 17.2 Å². The van der Waals surface area contributed by atoms with Crippen LogP contribution >= 0.6 is 11.3 Å². The van der Waals surface area contributed by atoms with Gasteiger partial charge in [-0.05, 0) is 23.9 Å². The summed E-state index contributed by atoms with van der Waals surface area (Å²) in [6.07, 6.45) is 0.484. The molecular formula is C19H24N2O2S. The van der Waals surface area contributed by atoms with Gasteiger partial charge in [-0.25, -0.2) is 0 Å². The van der Waals surface area contributed by atoms with Crippen LogP contribution in [-0.4, -0.2) is 42.6 Å². The Bertz CT molecular complexity index is 630. The molecule has 0 aliphatic carbocycles. The van der Waals surface area contributed by atoms with Crippen LogP contribution in [0, 0.1) is 0 Å². The summed E-state index contributed by atoms with van der Waals surface area (Å²) in [5.41, 5.74) is 1.31. The van der Waals surface area contributed by atoms with E-state index >= 15 is 0 Å². The van der Waals surface area contributed by atoms with E-state index in [-0.39, 0.29) is 18.1 Å². The fraction of sp³-hybridized carbons (Fsp3) is 0.421. The Morgan fingerprint density at radius 3 is 2.92 bits per heavy atom. The van der Waals surface area contributed by atoms with Crippen molar-refractivity contribution in [3.8, 4) is 0 Å². The lowest BCUT2D eigenvalue weighted by molar-refractivity contribution is -0.123. The van der Waals surface area contributed by atoms with Gasteiger partial charge in [0.25, 0.3) is 0 Å². The molecule has 5 heteroatoms. The molecule has 1 fully saturated rings. The number of rotatable bonds is 6. The molecule has 4 nitrogen and oxygen atoms in total. The van der Waals surface area contributed by atoms with Crippen LogP contribution in [0.3, 0.4) is 0 Å². The SMILES string of the molecule is C[C@@H](NC(=O)Cc1cccs1)[C@H]1CN(Cc2ccccc2)CCO1. The summed E-state index contributed by atoms with van der Waals surface area (Å²) in [7, 11) is 0. The van der Waals surface area contributed by atoms with Crippen LogP contribution in [0.25, 0.3) is 0 Å². The van der Waals surface area contributed by atoms with E-state index in [1.807, 2.05) is 30.5 Å². The third-order valence-corrected chi connectivity index (χ3v) is 5.16. The van der Waals surface area contributed by atoms with Crippen molar-refractivity contribution < 1.29 is 9.53 Å². The Kier molecular flexibility index (Phi) is 6.01. The van der Waals surface area contributed by atoms with Crippen molar-refractivity contribution in [2.45, 2.75) is 32.0 Å². The van der Waals surface area contributed by atoms with Crippen molar-refractivity contribution in [2.24, 2.45) is 0 Å². The maximum absolute atomic E-state index is 12.2. The summed E-state index contributed by atoms with van der Waals surface area (Å²) in [6, 6.07) is 14.5. The van der Waals surface area contributed by atoms with Crippen LogP contribution in [0.1, 0.15) is 17.4 Å². The fourth-order valence-electron chi connectivity index (χ4n) is 2.99. The number of nitrogens with zero attached hydrogens (tertiary/aromatic N) is 1. The van der Waals surface area contributed by atoms with Crippen LogP contribution in [0.2, 0.25) is 0 Å². The molecule has 1 aromatic carbocycles. The first-order valence-corrected chi connectivity index (χ1v) is 9.28. The summed E-state index contributed by atoms with van der Waals surface area (Å²) >= 11 is 1.62. The van der Waals surface area contributed by atoms with E-state index in [4.69, 9.17) is 4.74 Å². The lowest BCUT2D eigenvalue weighted by Crippen LogP contribution is -2.52. The zero-order valence-corrected chi connectivity index (χ0v) is 14.8. The van der Waals surface area contributed by atoms with E-state index in [1.54, 1.807) is 11.3 Å². The summed E-state index contributed by atoms with van der Waals surface area (Å²) in [4.78, 5) is 15.6. The number of carbonyl (C=O) groups excluding carboxylic acids is 1. The van der Waals surface area contributed by atoms with Gasteiger partial charge in [0.05, 0.1) is 25.2 Å². The number of benzene rings is 1. The van der Waals surface area contributed by atoms with Crippen LogP contribution < -0.4 is 5.32 Å². The predicted octanol–water partition coefficient (Wildman–Crippen LogP) is 2.70. The summed E-state index contributed by atoms with van der Waals surface area (Å²) in [5.74, 6) is 0.0636. The number of morpholine rings is 1. The molecule has 1 N–H and O–H groups in total. The van der Waals surface area contributed by atoms with Gasteiger partial charge in [-0.1, -0.05) is 36.4 Å². The molecule has 24 heavy (non-hydrogen) atoms. The van der Waals surface area contributed by atoms with Gasteiger partial charge >= 0.3 is 0 Å². The molecule has 0 radical (unpaired) electrons. The first-order chi connectivity index (χ1) is 11.7. The number of thiophene rings is 1. The maximum atomic E-state index is 12.2. The largest absolute Gasteiger partial charge is 0.373 e. The third kappa shape index (κ3) is 4.90. The minimum atomic E-state index is 0.0102. The number of hydrogen-bond donors (Lipinski definition) is 1. The van der Waals surface area contributed by atoms with Crippen LogP contribution in [0.15, 0.2) is 47.8 Å². The average Bonchev–Trinajstić information content (AvgIpc) is 3.09. The molecule has 2 aromatic rings. The molecule has 2 atom stereocenters. The van der Waals surface area contributed by atoms with Gasteiger partial charge in [0.1, 0.15) is 0 Å². The minimum Gasteiger partial charge on any atom is -0.373 e. The molecule has 0 saturated carbocycles. The van der Waals surface area contributed by atoms with Crippen LogP contribution in [0.4, 0.5) is 0 Å². The first-order valence-electron chi connectivity index (χ1n) is 8.40. The molecule has 1 saturated heterocycles. The summed E-state index contributed by atoms with van der Waals surface area (Å²) < 4.78 is 5.89. The zero-order valence-electron chi connectivity index (χ0n) is 14.0. The molecular weight excluding hydrogens is 320 g/mol. The zero-order chi connectivity index (χ0) is 16.8. The second-order valence-electron chi connectivity index (χ2n) is 6.24. The van der Waals surface area contributed by atoms with Crippen molar-refractivity contribution in [1.29, 1.82) is 0 Å². The first kappa shape index (κ1) is 17.1. The Hall–Kier alpha value is -1.69. The van der Waals surface area contributed by atoms with Gasteiger partial charge < -0.3 is 10.1 Å². The van der Waals surface area contributed by atoms with Gasteiger partial charge in [0, 0.05) is 24.5 Å². The molecule has 1 amide bonds. The van der Waals surface area contributed by atoms with E-state index in [2.05, 4.69) is 34.5 Å². The lowest BCUT2D eigenvalue weighted by atomic mass is 10.1.